The number of piperidine rings is 1. The summed E-state index contributed by atoms with van der Waals surface area (Å²) in [7, 11) is 0. The third-order valence-corrected chi connectivity index (χ3v) is 4.73. The lowest BCUT2D eigenvalue weighted by Gasteiger charge is -2.30. The second-order valence-corrected chi connectivity index (χ2v) is 6.95. The first-order chi connectivity index (χ1) is 12.0. The van der Waals surface area contributed by atoms with Gasteiger partial charge in [0.05, 0.1) is 6.04 Å². The van der Waals surface area contributed by atoms with Crippen molar-refractivity contribution < 1.29 is 0 Å². The third kappa shape index (κ3) is 4.91. The summed E-state index contributed by atoms with van der Waals surface area (Å²) in [5.74, 6) is 0. The van der Waals surface area contributed by atoms with Crippen molar-refractivity contribution in [2.24, 2.45) is 0 Å². The average Bonchev–Trinajstić information content (AvgIpc) is 2.57. The van der Waals surface area contributed by atoms with Gasteiger partial charge in [0.15, 0.2) is 0 Å². The standard InChI is InChI=1S/C22H33N3/c1-7-13-25(14-8-2)20-10-11-21(16(3)15-20)18(5)24-22-12-9-17(4)23-19(22)6/h10-11,15,22-24H,4-9,12-14H2,1-3H3. The second-order valence-electron chi connectivity index (χ2n) is 6.95. The second kappa shape index (κ2) is 8.80. The van der Waals surface area contributed by atoms with Crippen LogP contribution in [0.5, 0.6) is 0 Å². The van der Waals surface area contributed by atoms with Crippen molar-refractivity contribution in [3.63, 3.8) is 0 Å². The number of hydrogen-bond acceptors (Lipinski definition) is 3. The lowest BCUT2D eigenvalue weighted by atomic mass is 9.99. The monoisotopic (exact) mass is 339 g/mol. The summed E-state index contributed by atoms with van der Waals surface area (Å²) in [6.45, 7) is 21.2. The minimum absolute atomic E-state index is 0.203. The Kier molecular flexibility index (Phi) is 6.74. The molecule has 1 aromatic rings. The van der Waals surface area contributed by atoms with E-state index < -0.39 is 0 Å². The van der Waals surface area contributed by atoms with E-state index in [9.17, 15) is 0 Å². The number of nitrogens with one attached hydrogen (secondary N) is 2. The Bertz CT molecular complexity index is 639. The fraction of sp³-hybridized carbons (Fsp3) is 0.455. The zero-order valence-electron chi connectivity index (χ0n) is 16.1. The Morgan fingerprint density at radius 3 is 2.48 bits per heavy atom. The summed E-state index contributed by atoms with van der Waals surface area (Å²) in [4.78, 5) is 2.46. The van der Waals surface area contributed by atoms with E-state index in [-0.39, 0.29) is 6.04 Å². The topological polar surface area (TPSA) is 27.3 Å². The van der Waals surface area contributed by atoms with Crippen LogP contribution in [0.4, 0.5) is 5.69 Å². The molecule has 3 nitrogen and oxygen atoms in total. The predicted octanol–water partition coefficient (Wildman–Crippen LogP) is 4.96. The Hall–Kier alpha value is -2.16. The minimum Gasteiger partial charge on any atom is -0.377 e. The molecule has 0 bridgehead atoms. The summed E-state index contributed by atoms with van der Waals surface area (Å²) in [6, 6.07) is 6.89. The van der Waals surface area contributed by atoms with Gasteiger partial charge in [0, 0.05) is 41.4 Å². The summed E-state index contributed by atoms with van der Waals surface area (Å²) < 4.78 is 0. The Morgan fingerprint density at radius 1 is 1.24 bits per heavy atom. The number of nitrogens with zero attached hydrogens (tertiary/aromatic N) is 1. The molecule has 0 spiro atoms. The van der Waals surface area contributed by atoms with Gasteiger partial charge in [0.2, 0.25) is 0 Å². The molecule has 0 radical (unpaired) electrons. The highest BCUT2D eigenvalue weighted by Crippen LogP contribution is 2.25. The number of rotatable bonds is 8. The summed E-state index contributed by atoms with van der Waals surface area (Å²) in [5.41, 5.74) is 6.71. The van der Waals surface area contributed by atoms with Crippen LogP contribution in [-0.4, -0.2) is 19.1 Å². The molecular weight excluding hydrogens is 306 g/mol. The van der Waals surface area contributed by atoms with Crippen molar-refractivity contribution in [3.05, 3.63) is 60.5 Å². The van der Waals surface area contributed by atoms with Crippen LogP contribution >= 0.6 is 0 Å². The first-order valence-corrected chi connectivity index (χ1v) is 9.41. The van der Waals surface area contributed by atoms with E-state index in [1.165, 1.54) is 16.8 Å². The van der Waals surface area contributed by atoms with E-state index in [1.54, 1.807) is 0 Å². The van der Waals surface area contributed by atoms with Crippen LogP contribution in [0.1, 0.15) is 50.7 Å². The predicted molar refractivity (Wildman–Crippen MR) is 111 cm³/mol. The zero-order chi connectivity index (χ0) is 18.4. The zero-order valence-corrected chi connectivity index (χ0v) is 16.1. The lowest BCUT2D eigenvalue weighted by Crippen LogP contribution is -2.38. The SMILES string of the molecule is C=C1CCC(NC(=C)c2ccc(N(CCC)CCC)cc2C)C(=C)N1. The number of aryl methyl sites for hydroxylation is 1. The van der Waals surface area contributed by atoms with Gasteiger partial charge in [-0.15, -0.1) is 0 Å². The van der Waals surface area contributed by atoms with E-state index in [0.29, 0.717) is 0 Å². The number of hydrogen-bond donors (Lipinski definition) is 2. The molecule has 0 aliphatic carbocycles. The van der Waals surface area contributed by atoms with E-state index >= 15 is 0 Å². The molecule has 1 aromatic carbocycles. The summed E-state index contributed by atoms with van der Waals surface area (Å²) in [5, 5.41) is 6.79. The first kappa shape index (κ1) is 19.2. The molecule has 1 heterocycles. The van der Waals surface area contributed by atoms with Gasteiger partial charge in [0.1, 0.15) is 0 Å². The molecule has 0 amide bonds. The summed E-state index contributed by atoms with van der Waals surface area (Å²) in [6.07, 6.45) is 4.29. The molecule has 1 saturated heterocycles. The van der Waals surface area contributed by atoms with Gasteiger partial charge >= 0.3 is 0 Å². The first-order valence-electron chi connectivity index (χ1n) is 9.41. The van der Waals surface area contributed by atoms with Crippen LogP contribution < -0.4 is 15.5 Å². The molecule has 25 heavy (non-hydrogen) atoms. The van der Waals surface area contributed by atoms with Crippen molar-refractivity contribution in [1.29, 1.82) is 0 Å². The Morgan fingerprint density at radius 2 is 1.92 bits per heavy atom. The molecule has 1 unspecified atom stereocenters. The van der Waals surface area contributed by atoms with Crippen molar-refractivity contribution in [2.75, 3.05) is 18.0 Å². The Balaban J connectivity index is 2.10. The molecule has 2 rings (SSSR count). The van der Waals surface area contributed by atoms with Crippen molar-refractivity contribution in [2.45, 2.75) is 52.5 Å². The summed E-state index contributed by atoms with van der Waals surface area (Å²) >= 11 is 0. The number of benzene rings is 1. The van der Waals surface area contributed by atoms with Gasteiger partial charge in [-0.2, -0.15) is 0 Å². The normalized spacial score (nSPS) is 17.2. The molecule has 0 saturated carbocycles. The quantitative estimate of drug-likeness (QED) is 0.701. The highest BCUT2D eigenvalue weighted by molar-refractivity contribution is 5.68. The third-order valence-electron chi connectivity index (χ3n) is 4.73. The maximum Gasteiger partial charge on any atom is 0.0660 e. The maximum absolute atomic E-state index is 4.26. The largest absolute Gasteiger partial charge is 0.377 e. The van der Waals surface area contributed by atoms with E-state index in [4.69, 9.17) is 0 Å². The van der Waals surface area contributed by atoms with Crippen molar-refractivity contribution >= 4 is 11.4 Å². The van der Waals surface area contributed by atoms with Crippen LogP contribution in [0.25, 0.3) is 5.70 Å². The molecule has 1 atom stereocenters. The van der Waals surface area contributed by atoms with Gasteiger partial charge in [-0.05, 0) is 50.3 Å². The fourth-order valence-electron chi connectivity index (χ4n) is 3.41. The smallest absolute Gasteiger partial charge is 0.0660 e. The lowest BCUT2D eigenvalue weighted by molar-refractivity contribution is 0.539. The molecule has 2 N–H and O–H groups in total. The molecule has 1 aliphatic heterocycles. The van der Waals surface area contributed by atoms with Gasteiger partial charge in [0.25, 0.3) is 0 Å². The number of allylic oxidation sites excluding steroid dienone is 1. The van der Waals surface area contributed by atoms with Crippen LogP contribution in [0, 0.1) is 6.92 Å². The molecule has 0 aromatic heterocycles. The van der Waals surface area contributed by atoms with Crippen LogP contribution in [0.2, 0.25) is 0 Å². The minimum atomic E-state index is 0.203. The highest BCUT2D eigenvalue weighted by Gasteiger charge is 2.20. The molecule has 3 heteroatoms. The number of anilines is 1. The van der Waals surface area contributed by atoms with Crippen LogP contribution in [0.3, 0.4) is 0 Å². The maximum atomic E-state index is 4.26. The van der Waals surface area contributed by atoms with Gasteiger partial charge < -0.3 is 15.5 Å². The van der Waals surface area contributed by atoms with Gasteiger partial charge in [-0.3, -0.25) is 0 Å². The molecule has 1 fully saturated rings. The molecule has 136 valence electrons. The van der Waals surface area contributed by atoms with E-state index in [2.05, 4.69) is 74.2 Å². The van der Waals surface area contributed by atoms with Gasteiger partial charge in [-0.1, -0.05) is 39.7 Å². The van der Waals surface area contributed by atoms with Crippen molar-refractivity contribution in [3.8, 4) is 0 Å². The van der Waals surface area contributed by atoms with Crippen molar-refractivity contribution in [1.82, 2.24) is 10.6 Å². The van der Waals surface area contributed by atoms with Gasteiger partial charge in [-0.25, -0.2) is 0 Å². The van der Waals surface area contributed by atoms with Crippen LogP contribution in [-0.2, 0) is 0 Å². The van der Waals surface area contributed by atoms with E-state index in [1.807, 2.05) is 0 Å². The average molecular weight is 340 g/mol. The van der Waals surface area contributed by atoms with Crippen LogP contribution in [0.15, 0.2) is 49.3 Å². The Labute approximate surface area is 153 Å². The van der Waals surface area contributed by atoms with E-state index in [0.717, 1.165) is 55.9 Å². The fourth-order valence-corrected chi connectivity index (χ4v) is 3.41. The molecule has 1 aliphatic rings. The highest BCUT2D eigenvalue weighted by atomic mass is 15.1. The molecular formula is C22H33N3.